The normalized spacial score (nSPS) is 11.7. The van der Waals surface area contributed by atoms with Crippen molar-refractivity contribution in [1.82, 2.24) is 25.3 Å². The second-order valence-corrected chi connectivity index (χ2v) is 5.37. The Hall–Kier alpha value is -1.58. The number of sulfonamides is 1. The number of nitrogens with one attached hydrogen (secondary N) is 2. The second kappa shape index (κ2) is 4.96. The largest absolute Gasteiger partial charge is 0.242 e. The Balaban J connectivity index is 2.20. The van der Waals surface area contributed by atoms with Gasteiger partial charge < -0.3 is 0 Å². The number of nitrogens with zero attached hydrogens (tertiary/aromatic N) is 3. The van der Waals surface area contributed by atoms with E-state index >= 15 is 0 Å². The van der Waals surface area contributed by atoms with Gasteiger partial charge in [-0.2, -0.15) is 5.21 Å². The number of halogens is 2. The molecule has 0 saturated carbocycles. The second-order valence-electron chi connectivity index (χ2n) is 3.23. The molecule has 18 heavy (non-hydrogen) atoms. The molecule has 1 heterocycles. The Kier molecular flexibility index (Phi) is 3.55. The van der Waals surface area contributed by atoms with Crippen LogP contribution < -0.4 is 4.72 Å². The van der Waals surface area contributed by atoms with Crippen LogP contribution in [0.1, 0.15) is 5.82 Å². The van der Waals surface area contributed by atoms with E-state index < -0.39 is 15.8 Å². The van der Waals surface area contributed by atoms with E-state index in [1.54, 1.807) is 0 Å². The number of hydrogen-bond donors (Lipinski definition) is 2. The molecule has 0 bridgehead atoms. The van der Waals surface area contributed by atoms with Crippen LogP contribution >= 0.6 is 11.6 Å². The van der Waals surface area contributed by atoms with Crippen molar-refractivity contribution in [2.75, 3.05) is 0 Å². The smallest absolute Gasteiger partial charge is 0.207 e. The maximum Gasteiger partial charge on any atom is 0.242 e. The van der Waals surface area contributed by atoms with Crippen molar-refractivity contribution in [3.63, 3.8) is 0 Å². The predicted molar refractivity (Wildman–Crippen MR) is 59.6 cm³/mol. The fourth-order valence-electron chi connectivity index (χ4n) is 1.19. The van der Waals surface area contributed by atoms with Gasteiger partial charge in [-0.3, -0.25) is 0 Å². The zero-order valence-electron chi connectivity index (χ0n) is 8.76. The first-order valence-corrected chi connectivity index (χ1v) is 6.52. The molecule has 0 aliphatic rings. The monoisotopic (exact) mass is 291 g/mol. The molecular formula is C8H7ClFN5O2S. The lowest BCUT2D eigenvalue weighted by molar-refractivity contribution is 0.578. The summed E-state index contributed by atoms with van der Waals surface area (Å²) >= 11 is 5.67. The maximum absolute atomic E-state index is 12.8. The zero-order chi connectivity index (χ0) is 13.2. The van der Waals surface area contributed by atoms with Gasteiger partial charge in [0.25, 0.3) is 0 Å². The Labute approximate surface area is 106 Å². The minimum absolute atomic E-state index is 0.146. The third kappa shape index (κ3) is 2.81. The molecule has 0 radical (unpaired) electrons. The molecule has 2 rings (SSSR count). The van der Waals surface area contributed by atoms with Crippen LogP contribution in [0.4, 0.5) is 4.39 Å². The molecule has 0 fully saturated rings. The summed E-state index contributed by atoms with van der Waals surface area (Å²) in [5.74, 6) is -0.436. The molecule has 10 heteroatoms. The van der Waals surface area contributed by atoms with Gasteiger partial charge in [0.1, 0.15) is 10.7 Å². The van der Waals surface area contributed by atoms with Gasteiger partial charge in [-0.25, -0.2) is 17.5 Å². The van der Waals surface area contributed by atoms with E-state index in [-0.39, 0.29) is 22.3 Å². The zero-order valence-corrected chi connectivity index (χ0v) is 10.3. The van der Waals surface area contributed by atoms with Crippen LogP contribution in [0, 0.1) is 5.82 Å². The van der Waals surface area contributed by atoms with E-state index in [1.165, 1.54) is 0 Å². The highest BCUT2D eigenvalue weighted by atomic mass is 35.5. The van der Waals surface area contributed by atoms with Gasteiger partial charge in [-0.15, -0.1) is 10.2 Å². The summed E-state index contributed by atoms with van der Waals surface area (Å²) in [6, 6.07) is 3.01. The van der Waals surface area contributed by atoms with Crippen LogP contribution in [0.25, 0.3) is 0 Å². The first-order chi connectivity index (χ1) is 8.49. The lowest BCUT2D eigenvalue weighted by Gasteiger charge is -2.06. The molecule has 0 amide bonds. The molecule has 7 nitrogen and oxygen atoms in total. The first-order valence-electron chi connectivity index (χ1n) is 4.66. The summed E-state index contributed by atoms with van der Waals surface area (Å²) in [5, 5.41) is 12.4. The molecule has 0 aliphatic carbocycles. The number of tetrazole rings is 1. The fraction of sp³-hybridized carbons (Fsp3) is 0.125. The molecule has 2 aromatic rings. The van der Waals surface area contributed by atoms with Crippen molar-refractivity contribution in [2.45, 2.75) is 11.4 Å². The van der Waals surface area contributed by atoms with Crippen LogP contribution in [-0.2, 0) is 16.6 Å². The van der Waals surface area contributed by atoms with Crippen LogP contribution in [0.2, 0.25) is 5.02 Å². The van der Waals surface area contributed by atoms with E-state index in [0.29, 0.717) is 0 Å². The molecular weight excluding hydrogens is 285 g/mol. The van der Waals surface area contributed by atoms with E-state index in [1.807, 2.05) is 0 Å². The molecule has 2 N–H and O–H groups in total. The summed E-state index contributed by atoms with van der Waals surface area (Å²) in [5.41, 5.74) is 0. The lowest BCUT2D eigenvalue weighted by atomic mass is 10.3. The van der Waals surface area contributed by atoms with Gasteiger partial charge in [0, 0.05) is 0 Å². The minimum Gasteiger partial charge on any atom is -0.207 e. The highest BCUT2D eigenvalue weighted by Gasteiger charge is 2.18. The van der Waals surface area contributed by atoms with Gasteiger partial charge in [-0.05, 0) is 18.2 Å². The van der Waals surface area contributed by atoms with Crippen molar-refractivity contribution in [2.24, 2.45) is 0 Å². The average molecular weight is 292 g/mol. The van der Waals surface area contributed by atoms with E-state index in [4.69, 9.17) is 11.6 Å². The molecule has 0 saturated heterocycles. The van der Waals surface area contributed by atoms with Crippen molar-refractivity contribution >= 4 is 21.6 Å². The molecule has 0 atom stereocenters. The topological polar surface area (TPSA) is 101 Å². The van der Waals surface area contributed by atoms with Gasteiger partial charge >= 0.3 is 0 Å². The Morgan fingerprint density at radius 2 is 2.22 bits per heavy atom. The first kappa shape index (κ1) is 12.9. The average Bonchev–Trinajstić information content (AvgIpc) is 2.78. The third-order valence-corrected chi connectivity index (χ3v) is 3.88. The Bertz CT molecular complexity index is 646. The highest BCUT2D eigenvalue weighted by molar-refractivity contribution is 7.89. The third-order valence-electron chi connectivity index (χ3n) is 1.99. The van der Waals surface area contributed by atoms with Crippen molar-refractivity contribution < 1.29 is 12.8 Å². The van der Waals surface area contributed by atoms with Crippen molar-refractivity contribution in [3.8, 4) is 0 Å². The number of aromatic nitrogens is 4. The van der Waals surface area contributed by atoms with Crippen LogP contribution in [-0.4, -0.2) is 29.0 Å². The lowest BCUT2D eigenvalue weighted by Crippen LogP contribution is -2.24. The Morgan fingerprint density at radius 3 is 2.83 bits per heavy atom. The highest BCUT2D eigenvalue weighted by Crippen LogP contribution is 2.21. The standard InChI is InChI=1S/C8H7ClFN5O2S/c9-6-3-5(10)1-2-7(6)18(16,17)11-4-8-12-14-15-13-8/h1-3,11H,4H2,(H,12,13,14,15). The quantitative estimate of drug-likeness (QED) is 0.853. The van der Waals surface area contributed by atoms with Gasteiger partial charge in [0.2, 0.25) is 10.0 Å². The summed E-state index contributed by atoms with van der Waals surface area (Å²) in [4.78, 5) is -0.214. The van der Waals surface area contributed by atoms with Crippen LogP contribution in [0.15, 0.2) is 23.1 Å². The molecule has 0 spiro atoms. The molecule has 96 valence electrons. The van der Waals surface area contributed by atoms with Crippen molar-refractivity contribution in [1.29, 1.82) is 0 Å². The van der Waals surface area contributed by atoms with Gasteiger partial charge in [0.05, 0.1) is 11.6 Å². The van der Waals surface area contributed by atoms with E-state index in [9.17, 15) is 12.8 Å². The molecule has 1 aromatic heterocycles. The molecule has 0 unspecified atom stereocenters. The molecule has 0 aliphatic heterocycles. The van der Waals surface area contributed by atoms with Gasteiger partial charge in [-0.1, -0.05) is 16.8 Å². The number of aromatic amines is 1. The van der Waals surface area contributed by atoms with Crippen LogP contribution in [0.3, 0.4) is 0 Å². The maximum atomic E-state index is 12.8. The van der Waals surface area contributed by atoms with E-state index in [2.05, 4.69) is 25.3 Å². The summed E-state index contributed by atoms with van der Waals surface area (Å²) in [6.07, 6.45) is 0. The summed E-state index contributed by atoms with van der Waals surface area (Å²) in [6.45, 7) is -0.146. The van der Waals surface area contributed by atoms with Crippen LogP contribution in [0.5, 0.6) is 0 Å². The SMILES string of the molecule is O=S(=O)(NCc1nn[nH]n1)c1ccc(F)cc1Cl. The predicted octanol–water partition coefficient (Wildman–Crippen LogP) is 0.471. The summed E-state index contributed by atoms with van der Waals surface area (Å²) in [7, 11) is -3.85. The fourth-order valence-corrected chi connectivity index (χ4v) is 2.70. The number of benzene rings is 1. The minimum atomic E-state index is -3.85. The van der Waals surface area contributed by atoms with Gasteiger partial charge in [0.15, 0.2) is 5.82 Å². The Morgan fingerprint density at radius 1 is 1.44 bits per heavy atom. The number of rotatable bonds is 4. The number of hydrogen-bond acceptors (Lipinski definition) is 5. The number of H-pyrrole nitrogens is 1. The van der Waals surface area contributed by atoms with E-state index in [0.717, 1.165) is 18.2 Å². The van der Waals surface area contributed by atoms with Crippen molar-refractivity contribution in [3.05, 3.63) is 34.9 Å². The summed E-state index contributed by atoms with van der Waals surface area (Å²) < 4.78 is 38.7. The molecule has 1 aromatic carbocycles.